The quantitative estimate of drug-likeness (QED) is 0.630. The first-order valence-electron chi connectivity index (χ1n) is 5.13. The second-order valence-corrected chi connectivity index (χ2v) is 3.88. The van der Waals surface area contributed by atoms with Gasteiger partial charge in [-0.15, -0.1) is 0 Å². The van der Waals surface area contributed by atoms with Crippen LogP contribution < -0.4 is 0 Å². The van der Waals surface area contributed by atoms with Crippen molar-refractivity contribution < 1.29 is 18.3 Å². The minimum absolute atomic E-state index is 0.0722. The summed E-state index contributed by atoms with van der Waals surface area (Å²) >= 11 is 3.05. The first-order valence-corrected chi connectivity index (χ1v) is 6.26. The van der Waals surface area contributed by atoms with Crippen molar-refractivity contribution in [2.45, 2.75) is 18.7 Å². The maximum absolute atomic E-state index is 13.1. The maximum Gasteiger partial charge on any atom is 0.338 e. The van der Waals surface area contributed by atoms with Crippen molar-refractivity contribution in [3.05, 3.63) is 34.4 Å². The molecule has 0 spiro atoms. The molecule has 0 bridgehead atoms. The molecular weight excluding hydrogens is 308 g/mol. The van der Waals surface area contributed by atoms with Crippen LogP contribution in [0.1, 0.15) is 40.4 Å². The average molecular weight is 318 g/mol. The normalized spacial score (nSPS) is 10.2. The van der Waals surface area contributed by atoms with Gasteiger partial charge in [-0.25, -0.2) is 13.6 Å². The molecule has 3 nitrogen and oxygen atoms in total. The van der Waals surface area contributed by atoms with Crippen LogP contribution in [0.2, 0.25) is 0 Å². The molecule has 0 atom stereocenters. The Labute approximate surface area is 111 Å². The molecule has 0 aromatic heterocycles. The highest BCUT2D eigenvalue weighted by molar-refractivity contribution is 9.08. The van der Waals surface area contributed by atoms with Gasteiger partial charge in [0.05, 0.1) is 23.8 Å². The van der Waals surface area contributed by atoms with Crippen molar-refractivity contribution in [2.75, 3.05) is 6.61 Å². The van der Waals surface area contributed by atoms with Gasteiger partial charge >= 0.3 is 5.97 Å². The summed E-state index contributed by atoms with van der Waals surface area (Å²) < 4.78 is 30.8. The topological polar surface area (TPSA) is 50.1 Å². The number of nitriles is 1. The third kappa shape index (κ3) is 2.85. The van der Waals surface area contributed by atoms with E-state index in [2.05, 4.69) is 15.9 Å². The van der Waals surface area contributed by atoms with Gasteiger partial charge in [0, 0.05) is 10.9 Å². The van der Waals surface area contributed by atoms with Gasteiger partial charge in [-0.3, -0.25) is 0 Å². The zero-order valence-electron chi connectivity index (χ0n) is 9.54. The van der Waals surface area contributed by atoms with Crippen molar-refractivity contribution in [2.24, 2.45) is 0 Å². The van der Waals surface area contributed by atoms with E-state index in [1.807, 2.05) is 6.07 Å². The fraction of sp³-hybridized carbons (Fsp3) is 0.333. The van der Waals surface area contributed by atoms with Gasteiger partial charge in [-0.05, 0) is 24.6 Å². The molecule has 0 saturated carbocycles. The number of ether oxygens (including phenoxy) is 1. The SMILES string of the molecule is CCOC(=O)c1ccc(C#N)c(CBr)c1C(F)F. The maximum atomic E-state index is 13.1. The Morgan fingerprint density at radius 1 is 1.56 bits per heavy atom. The van der Waals surface area contributed by atoms with Crippen molar-refractivity contribution in [3.63, 3.8) is 0 Å². The highest BCUT2D eigenvalue weighted by Gasteiger charge is 2.24. The number of esters is 1. The van der Waals surface area contributed by atoms with Crippen LogP contribution in [0.4, 0.5) is 8.78 Å². The van der Waals surface area contributed by atoms with Crippen LogP contribution in [-0.4, -0.2) is 12.6 Å². The van der Waals surface area contributed by atoms with Crippen molar-refractivity contribution in [1.29, 1.82) is 5.26 Å². The molecule has 0 fully saturated rings. The number of alkyl halides is 3. The molecule has 6 heteroatoms. The van der Waals surface area contributed by atoms with E-state index < -0.39 is 18.0 Å². The Balaban J connectivity index is 3.45. The number of hydrogen-bond donors (Lipinski definition) is 0. The van der Waals surface area contributed by atoms with E-state index in [-0.39, 0.29) is 28.6 Å². The molecule has 0 aliphatic carbocycles. The Bertz CT molecular complexity index is 498. The predicted molar refractivity (Wildman–Crippen MR) is 64.7 cm³/mol. The number of rotatable bonds is 4. The lowest BCUT2D eigenvalue weighted by Gasteiger charge is -2.13. The monoisotopic (exact) mass is 317 g/mol. The third-order valence-electron chi connectivity index (χ3n) is 2.32. The van der Waals surface area contributed by atoms with Crippen LogP contribution >= 0.6 is 15.9 Å². The number of halogens is 3. The van der Waals surface area contributed by atoms with E-state index in [1.54, 1.807) is 6.92 Å². The smallest absolute Gasteiger partial charge is 0.338 e. The molecular formula is C12H10BrF2NO2. The molecule has 96 valence electrons. The second-order valence-electron chi connectivity index (χ2n) is 3.32. The van der Waals surface area contributed by atoms with Crippen LogP contribution in [-0.2, 0) is 10.1 Å². The van der Waals surface area contributed by atoms with Crippen LogP contribution in [0.3, 0.4) is 0 Å². The molecule has 18 heavy (non-hydrogen) atoms. The first kappa shape index (κ1) is 14.6. The molecule has 1 aromatic rings. The Morgan fingerprint density at radius 3 is 2.67 bits per heavy atom. The van der Waals surface area contributed by atoms with Crippen LogP contribution in [0.15, 0.2) is 12.1 Å². The molecule has 0 aliphatic heterocycles. The van der Waals surface area contributed by atoms with E-state index in [0.717, 1.165) is 0 Å². The van der Waals surface area contributed by atoms with Crippen LogP contribution in [0, 0.1) is 11.3 Å². The molecule has 0 radical (unpaired) electrons. The summed E-state index contributed by atoms with van der Waals surface area (Å²) in [4.78, 5) is 11.6. The molecule has 1 aromatic carbocycles. The zero-order chi connectivity index (χ0) is 13.7. The number of benzene rings is 1. The van der Waals surface area contributed by atoms with Crippen LogP contribution in [0.25, 0.3) is 0 Å². The number of nitrogens with zero attached hydrogens (tertiary/aromatic N) is 1. The minimum Gasteiger partial charge on any atom is -0.462 e. The van der Waals surface area contributed by atoms with Gasteiger partial charge in [0.1, 0.15) is 0 Å². The lowest BCUT2D eigenvalue weighted by atomic mass is 9.97. The van der Waals surface area contributed by atoms with Gasteiger partial charge in [0.25, 0.3) is 6.43 Å². The summed E-state index contributed by atoms with van der Waals surface area (Å²) in [6, 6.07) is 4.37. The second kappa shape index (κ2) is 6.45. The highest BCUT2D eigenvalue weighted by atomic mass is 79.9. The Morgan fingerprint density at radius 2 is 2.22 bits per heavy atom. The predicted octanol–water partition coefficient (Wildman–Crippen LogP) is 3.57. The van der Waals surface area contributed by atoms with E-state index >= 15 is 0 Å². The number of hydrogen-bond acceptors (Lipinski definition) is 3. The highest BCUT2D eigenvalue weighted by Crippen LogP contribution is 2.31. The van der Waals surface area contributed by atoms with E-state index in [9.17, 15) is 13.6 Å². The molecule has 0 N–H and O–H groups in total. The largest absolute Gasteiger partial charge is 0.462 e. The third-order valence-corrected chi connectivity index (χ3v) is 2.89. The molecule has 1 rings (SSSR count). The Hall–Kier alpha value is -1.48. The first-order chi connectivity index (χ1) is 8.56. The molecule has 0 saturated heterocycles. The van der Waals surface area contributed by atoms with Crippen molar-refractivity contribution >= 4 is 21.9 Å². The van der Waals surface area contributed by atoms with E-state index in [1.165, 1.54) is 12.1 Å². The summed E-state index contributed by atoms with van der Waals surface area (Å²) in [7, 11) is 0. The number of carbonyl (C=O) groups is 1. The molecule has 0 heterocycles. The fourth-order valence-corrected chi connectivity index (χ4v) is 2.15. The summed E-state index contributed by atoms with van der Waals surface area (Å²) in [6.07, 6.45) is -2.84. The number of carbonyl (C=O) groups excluding carboxylic acids is 1. The molecule has 0 aliphatic rings. The summed E-state index contributed by atoms with van der Waals surface area (Å²) in [5.41, 5.74) is -0.391. The van der Waals surface area contributed by atoms with Gasteiger partial charge in [-0.1, -0.05) is 15.9 Å². The fourth-order valence-electron chi connectivity index (χ4n) is 1.55. The lowest BCUT2D eigenvalue weighted by molar-refractivity contribution is 0.0515. The lowest BCUT2D eigenvalue weighted by Crippen LogP contribution is -2.11. The molecule has 0 amide bonds. The zero-order valence-corrected chi connectivity index (χ0v) is 11.1. The molecule has 0 unspecified atom stereocenters. The standard InChI is InChI=1S/C12H10BrF2NO2/c1-2-18-12(17)8-4-3-7(6-16)9(5-13)10(8)11(14)15/h3-4,11H,2,5H2,1H3. The summed E-state index contributed by atoms with van der Waals surface area (Å²) in [6.45, 7) is 1.69. The van der Waals surface area contributed by atoms with Gasteiger partial charge in [0.15, 0.2) is 0 Å². The summed E-state index contributed by atoms with van der Waals surface area (Å²) in [5.74, 6) is -0.806. The van der Waals surface area contributed by atoms with Gasteiger partial charge < -0.3 is 4.74 Å². The van der Waals surface area contributed by atoms with Crippen molar-refractivity contribution in [1.82, 2.24) is 0 Å². The minimum atomic E-state index is -2.84. The van der Waals surface area contributed by atoms with Crippen molar-refractivity contribution in [3.8, 4) is 6.07 Å². The van der Waals surface area contributed by atoms with E-state index in [0.29, 0.717) is 0 Å². The van der Waals surface area contributed by atoms with Gasteiger partial charge in [-0.2, -0.15) is 5.26 Å². The van der Waals surface area contributed by atoms with Gasteiger partial charge in [0.2, 0.25) is 0 Å². The van der Waals surface area contributed by atoms with Crippen LogP contribution in [0.5, 0.6) is 0 Å². The summed E-state index contributed by atoms with van der Waals surface area (Å²) in [5, 5.41) is 8.93. The Kier molecular flexibility index (Phi) is 5.23. The van der Waals surface area contributed by atoms with E-state index in [4.69, 9.17) is 10.00 Å². The average Bonchev–Trinajstić information content (AvgIpc) is 2.36.